The Balaban J connectivity index is 2.85. The summed E-state index contributed by atoms with van der Waals surface area (Å²) in [5, 5.41) is 9.16. The van der Waals surface area contributed by atoms with Crippen LogP contribution >= 0.6 is 0 Å². The molecule has 1 aromatic carbocycles. The van der Waals surface area contributed by atoms with Crippen LogP contribution in [0.5, 0.6) is 0 Å². The second-order valence-corrected chi connectivity index (χ2v) is 7.23. The normalized spacial score (nSPS) is 12.9. The molecule has 0 saturated carbocycles. The lowest BCUT2D eigenvalue weighted by molar-refractivity contribution is 0.0762. The van der Waals surface area contributed by atoms with E-state index in [0.29, 0.717) is 18.7 Å². The summed E-state index contributed by atoms with van der Waals surface area (Å²) in [7, 11) is -3.67. The molecule has 7 heteroatoms. The number of benzene rings is 1. The Kier molecular flexibility index (Phi) is 7.67. The highest BCUT2D eigenvalue weighted by molar-refractivity contribution is 7.89. The van der Waals surface area contributed by atoms with Gasteiger partial charge >= 0.3 is 0 Å². The molecule has 0 aliphatic heterocycles. The van der Waals surface area contributed by atoms with Gasteiger partial charge in [0, 0.05) is 25.2 Å². The summed E-state index contributed by atoms with van der Waals surface area (Å²) >= 11 is 0. The van der Waals surface area contributed by atoms with Crippen molar-refractivity contribution in [1.82, 2.24) is 9.62 Å². The van der Waals surface area contributed by atoms with Gasteiger partial charge in [-0.3, -0.25) is 4.79 Å². The van der Waals surface area contributed by atoms with Crippen LogP contribution in [0.15, 0.2) is 29.2 Å². The Labute approximate surface area is 138 Å². The number of sulfonamides is 1. The molecule has 0 aliphatic carbocycles. The van der Waals surface area contributed by atoms with Crippen molar-refractivity contribution in [2.24, 2.45) is 0 Å². The summed E-state index contributed by atoms with van der Waals surface area (Å²) < 4.78 is 26.4. The summed E-state index contributed by atoms with van der Waals surface area (Å²) in [5.41, 5.74) is 0.470. The molecule has 0 spiro atoms. The highest BCUT2D eigenvalue weighted by atomic mass is 32.2. The lowest BCUT2D eigenvalue weighted by atomic mass is 10.2. The first-order valence-corrected chi connectivity index (χ1v) is 9.37. The largest absolute Gasteiger partial charge is 0.392 e. The monoisotopic (exact) mass is 342 g/mol. The van der Waals surface area contributed by atoms with E-state index in [-0.39, 0.29) is 17.3 Å². The average Bonchev–Trinajstić information content (AvgIpc) is 2.53. The Bertz CT molecular complexity index is 597. The van der Waals surface area contributed by atoms with Crippen molar-refractivity contribution in [3.05, 3.63) is 29.8 Å². The molecule has 0 aliphatic rings. The van der Waals surface area contributed by atoms with E-state index in [2.05, 4.69) is 11.6 Å². The van der Waals surface area contributed by atoms with Crippen LogP contribution in [-0.4, -0.2) is 50.1 Å². The van der Waals surface area contributed by atoms with E-state index in [1.54, 1.807) is 4.90 Å². The Morgan fingerprint density at radius 2 is 1.87 bits per heavy atom. The number of amides is 1. The van der Waals surface area contributed by atoms with Crippen LogP contribution in [0.3, 0.4) is 0 Å². The molecule has 23 heavy (non-hydrogen) atoms. The van der Waals surface area contributed by atoms with E-state index in [0.717, 1.165) is 12.8 Å². The predicted octanol–water partition coefficient (Wildman–Crippen LogP) is 1.61. The first-order chi connectivity index (χ1) is 10.8. The third-order valence-electron chi connectivity index (χ3n) is 3.43. The zero-order chi connectivity index (χ0) is 17.5. The molecule has 1 aromatic rings. The van der Waals surface area contributed by atoms with Crippen LogP contribution in [0, 0.1) is 0 Å². The molecule has 1 amide bonds. The molecular formula is C16H26N2O4S. The highest BCUT2D eigenvalue weighted by Crippen LogP contribution is 2.13. The van der Waals surface area contributed by atoms with Crippen LogP contribution in [0.4, 0.5) is 0 Å². The van der Waals surface area contributed by atoms with Crippen molar-refractivity contribution < 1.29 is 18.3 Å². The van der Waals surface area contributed by atoms with Crippen molar-refractivity contribution >= 4 is 15.9 Å². The molecule has 0 heterocycles. The Hall–Kier alpha value is -1.44. The summed E-state index contributed by atoms with van der Waals surface area (Å²) in [6.07, 6.45) is 1.19. The predicted molar refractivity (Wildman–Crippen MR) is 89.8 cm³/mol. The summed E-state index contributed by atoms with van der Waals surface area (Å²) in [4.78, 5) is 14.2. The number of rotatable bonds is 9. The quantitative estimate of drug-likeness (QED) is 0.714. The number of unbranched alkanes of at least 4 members (excludes halogenated alkanes) is 1. The Morgan fingerprint density at radius 3 is 2.35 bits per heavy atom. The number of aliphatic hydroxyl groups excluding tert-OH is 1. The lowest BCUT2D eigenvalue weighted by Crippen LogP contribution is -2.32. The molecule has 1 rings (SSSR count). The van der Waals surface area contributed by atoms with Gasteiger partial charge in [0.05, 0.1) is 11.0 Å². The minimum atomic E-state index is -3.67. The first-order valence-electron chi connectivity index (χ1n) is 7.88. The van der Waals surface area contributed by atoms with Crippen molar-refractivity contribution in [3.8, 4) is 0 Å². The van der Waals surface area contributed by atoms with Crippen LogP contribution < -0.4 is 4.72 Å². The van der Waals surface area contributed by atoms with Gasteiger partial charge < -0.3 is 10.0 Å². The van der Waals surface area contributed by atoms with Gasteiger partial charge in [-0.2, -0.15) is 0 Å². The molecule has 130 valence electrons. The molecule has 0 saturated heterocycles. The minimum absolute atomic E-state index is 0.0519. The summed E-state index contributed by atoms with van der Waals surface area (Å²) in [6, 6.07) is 5.86. The third kappa shape index (κ3) is 5.93. The van der Waals surface area contributed by atoms with Crippen LogP contribution in [0.2, 0.25) is 0 Å². The molecule has 0 aromatic heterocycles. The fraction of sp³-hybridized carbons (Fsp3) is 0.562. The van der Waals surface area contributed by atoms with Crippen LogP contribution in [-0.2, 0) is 10.0 Å². The van der Waals surface area contributed by atoms with E-state index in [1.807, 2.05) is 6.92 Å². The van der Waals surface area contributed by atoms with Gasteiger partial charge in [0.15, 0.2) is 0 Å². The van der Waals surface area contributed by atoms with Gasteiger partial charge in [-0.1, -0.05) is 13.3 Å². The van der Waals surface area contributed by atoms with Crippen molar-refractivity contribution in [3.63, 3.8) is 0 Å². The Morgan fingerprint density at radius 1 is 1.26 bits per heavy atom. The number of carbonyl (C=O) groups excluding carboxylic acids is 1. The maximum Gasteiger partial charge on any atom is 0.253 e. The number of hydrogen-bond acceptors (Lipinski definition) is 4. The molecule has 0 radical (unpaired) electrons. The number of nitrogens with zero attached hydrogens (tertiary/aromatic N) is 1. The molecule has 6 nitrogen and oxygen atoms in total. The van der Waals surface area contributed by atoms with Gasteiger partial charge in [-0.05, 0) is 44.5 Å². The number of carbonyl (C=O) groups is 1. The first kappa shape index (κ1) is 19.6. The topological polar surface area (TPSA) is 86.7 Å². The van der Waals surface area contributed by atoms with Crippen molar-refractivity contribution in [2.45, 2.75) is 44.6 Å². The maximum atomic E-state index is 12.4. The van der Waals surface area contributed by atoms with Crippen molar-refractivity contribution in [1.29, 1.82) is 0 Å². The fourth-order valence-electron chi connectivity index (χ4n) is 2.03. The number of nitrogens with one attached hydrogen (secondary N) is 1. The van der Waals surface area contributed by atoms with Gasteiger partial charge in [-0.15, -0.1) is 0 Å². The highest BCUT2D eigenvalue weighted by Gasteiger charge is 2.17. The maximum absolute atomic E-state index is 12.4. The molecule has 2 N–H and O–H groups in total. The summed E-state index contributed by atoms with van der Waals surface area (Å²) in [5.74, 6) is -0.0955. The van der Waals surface area contributed by atoms with Gasteiger partial charge in [0.1, 0.15) is 0 Å². The lowest BCUT2D eigenvalue weighted by Gasteiger charge is -2.20. The second-order valence-electron chi connectivity index (χ2n) is 5.46. The van der Waals surface area contributed by atoms with E-state index >= 15 is 0 Å². The van der Waals surface area contributed by atoms with E-state index in [4.69, 9.17) is 5.11 Å². The van der Waals surface area contributed by atoms with Gasteiger partial charge in [-0.25, -0.2) is 13.1 Å². The standard InChI is InChI=1S/C16H26N2O4S/c1-4-6-11-18(5-2)16(20)14-7-9-15(10-8-14)23(21,22)17-12-13(3)19/h7-10,13,17,19H,4-6,11-12H2,1-3H3. The second kappa shape index (κ2) is 9.00. The van der Waals surface area contributed by atoms with Gasteiger partial charge in [0.2, 0.25) is 10.0 Å². The molecule has 0 bridgehead atoms. The van der Waals surface area contributed by atoms with Gasteiger partial charge in [0.25, 0.3) is 5.91 Å². The number of aliphatic hydroxyl groups is 1. The van der Waals surface area contributed by atoms with E-state index in [1.165, 1.54) is 31.2 Å². The zero-order valence-electron chi connectivity index (χ0n) is 13.9. The van der Waals surface area contributed by atoms with Crippen LogP contribution in [0.25, 0.3) is 0 Å². The molecular weight excluding hydrogens is 316 g/mol. The molecule has 1 unspecified atom stereocenters. The minimum Gasteiger partial charge on any atom is -0.392 e. The summed E-state index contributed by atoms with van der Waals surface area (Å²) in [6.45, 7) is 6.75. The van der Waals surface area contributed by atoms with E-state index < -0.39 is 16.1 Å². The fourth-order valence-corrected chi connectivity index (χ4v) is 3.15. The smallest absolute Gasteiger partial charge is 0.253 e. The average molecular weight is 342 g/mol. The molecule has 1 atom stereocenters. The zero-order valence-corrected chi connectivity index (χ0v) is 14.8. The molecule has 0 fully saturated rings. The van der Waals surface area contributed by atoms with Crippen molar-refractivity contribution in [2.75, 3.05) is 19.6 Å². The third-order valence-corrected chi connectivity index (χ3v) is 4.87. The SMILES string of the molecule is CCCCN(CC)C(=O)c1ccc(S(=O)(=O)NCC(C)O)cc1. The number of hydrogen-bond donors (Lipinski definition) is 2. The van der Waals surface area contributed by atoms with E-state index in [9.17, 15) is 13.2 Å². The van der Waals surface area contributed by atoms with Crippen LogP contribution in [0.1, 0.15) is 44.0 Å².